The fourth-order valence-electron chi connectivity index (χ4n) is 2.73. The van der Waals surface area contributed by atoms with Gasteiger partial charge in [0, 0.05) is 26.3 Å². The van der Waals surface area contributed by atoms with Crippen LogP contribution < -0.4 is 5.32 Å². The Morgan fingerprint density at radius 3 is 2.70 bits per heavy atom. The lowest BCUT2D eigenvalue weighted by Gasteiger charge is -2.31. The zero-order valence-corrected chi connectivity index (χ0v) is 11.7. The minimum atomic E-state index is -0.354. The summed E-state index contributed by atoms with van der Waals surface area (Å²) in [5, 5.41) is 23.1. The fourth-order valence-corrected chi connectivity index (χ4v) is 2.73. The Morgan fingerprint density at radius 2 is 2.15 bits per heavy atom. The fraction of sp³-hybridized carbons (Fsp3) is 0.571. The Balaban J connectivity index is 2.10. The van der Waals surface area contributed by atoms with E-state index >= 15 is 0 Å². The molecule has 1 aliphatic rings. The van der Waals surface area contributed by atoms with Crippen LogP contribution >= 0.6 is 0 Å². The third kappa shape index (κ3) is 3.26. The number of benzene rings is 1. The number of piperidine rings is 1. The number of nitro groups is 1. The SMILES string of the molecule is CNc1c(CN2CCC(CO)CC2)cccc1[N+](=O)[O-]. The molecule has 0 aromatic heterocycles. The summed E-state index contributed by atoms with van der Waals surface area (Å²) in [7, 11) is 1.71. The predicted octanol–water partition coefficient (Wildman–Crippen LogP) is 1.84. The topological polar surface area (TPSA) is 78.6 Å². The summed E-state index contributed by atoms with van der Waals surface area (Å²) < 4.78 is 0. The second kappa shape index (κ2) is 6.67. The Kier molecular flexibility index (Phi) is 4.92. The second-order valence-electron chi connectivity index (χ2n) is 5.22. The number of hydrogen-bond donors (Lipinski definition) is 2. The van der Waals surface area contributed by atoms with E-state index in [1.165, 1.54) is 6.07 Å². The molecule has 6 nitrogen and oxygen atoms in total. The molecule has 20 heavy (non-hydrogen) atoms. The molecule has 6 heteroatoms. The quantitative estimate of drug-likeness (QED) is 0.635. The van der Waals surface area contributed by atoms with E-state index in [2.05, 4.69) is 10.2 Å². The lowest BCUT2D eigenvalue weighted by atomic mass is 9.97. The Bertz CT molecular complexity index is 471. The van der Waals surface area contributed by atoms with Gasteiger partial charge in [0.2, 0.25) is 0 Å². The van der Waals surface area contributed by atoms with E-state index < -0.39 is 0 Å². The van der Waals surface area contributed by atoms with Gasteiger partial charge in [-0.05, 0) is 37.4 Å². The van der Waals surface area contributed by atoms with Gasteiger partial charge in [0.15, 0.2) is 0 Å². The van der Waals surface area contributed by atoms with Gasteiger partial charge in [0.1, 0.15) is 5.69 Å². The molecule has 1 heterocycles. The van der Waals surface area contributed by atoms with Crippen LogP contribution in [0.2, 0.25) is 0 Å². The van der Waals surface area contributed by atoms with Crippen molar-refractivity contribution in [2.45, 2.75) is 19.4 Å². The zero-order chi connectivity index (χ0) is 14.5. The maximum Gasteiger partial charge on any atom is 0.292 e. The van der Waals surface area contributed by atoms with E-state index in [0.29, 0.717) is 18.2 Å². The molecule has 2 N–H and O–H groups in total. The van der Waals surface area contributed by atoms with E-state index in [1.54, 1.807) is 13.1 Å². The number of hydrogen-bond acceptors (Lipinski definition) is 5. The van der Waals surface area contributed by atoms with Crippen molar-refractivity contribution in [2.24, 2.45) is 5.92 Å². The molecule has 0 amide bonds. The summed E-state index contributed by atoms with van der Waals surface area (Å²) in [4.78, 5) is 13.0. The standard InChI is InChI=1S/C14H21N3O3/c1-15-14-12(3-2-4-13(14)17(19)20)9-16-7-5-11(10-18)6-8-16/h2-4,11,15,18H,5-10H2,1H3. The summed E-state index contributed by atoms with van der Waals surface area (Å²) in [5.41, 5.74) is 1.67. The van der Waals surface area contributed by atoms with Crippen molar-refractivity contribution in [3.63, 3.8) is 0 Å². The molecule has 2 rings (SSSR count). The minimum absolute atomic E-state index is 0.121. The Morgan fingerprint density at radius 1 is 1.45 bits per heavy atom. The van der Waals surface area contributed by atoms with Crippen molar-refractivity contribution >= 4 is 11.4 Å². The largest absolute Gasteiger partial charge is 0.396 e. The van der Waals surface area contributed by atoms with Gasteiger partial charge >= 0.3 is 0 Å². The van der Waals surface area contributed by atoms with Crippen LogP contribution in [0.3, 0.4) is 0 Å². The minimum Gasteiger partial charge on any atom is -0.396 e. The van der Waals surface area contributed by atoms with E-state index in [1.807, 2.05) is 6.07 Å². The molecule has 0 saturated carbocycles. The number of nitro benzene ring substituents is 1. The number of rotatable bonds is 5. The number of anilines is 1. The molecule has 1 aliphatic heterocycles. The molecule has 1 aromatic rings. The molecule has 0 spiro atoms. The highest BCUT2D eigenvalue weighted by molar-refractivity contribution is 5.66. The maximum absolute atomic E-state index is 11.0. The van der Waals surface area contributed by atoms with Crippen LogP contribution in [0.4, 0.5) is 11.4 Å². The highest BCUT2D eigenvalue weighted by Gasteiger charge is 2.21. The summed E-state index contributed by atoms with van der Waals surface area (Å²) >= 11 is 0. The summed E-state index contributed by atoms with van der Waals surface area (Å²) in [5.74, 6) is 0.403. The van der Waals surface area contributed by atoms with Gasteiger partial charge in [-0.1, -0.05) is 12.1 Å². The first-order valence-corrected chi connectivity index (χ1v) is 6.93. The summed E-state index contributed by atoms with van der Waals surface area (Å²) in [6.45, 7) is 2.82. The van der Waals surface area contributed by atoms with Crippen LogP contribution in [0, 0.1) is 16.0 Å². The zero-order valence-electron chi connectivity index (χ0n) is 11.7. The van der Waals surface area contributed by atoms with E-state index in [-0.39, 0.29) is 17.2 Å². The van der Waals surface area contributed by atoms with Crippen LogP contribution in [-0.4, -0.2) is 41.7 Å². The molecule has 1 aromatic carbocycles. The van der Waals surface area contributed by atoms with Crippen LogP contribution in [0.1, 0.15) is 18.4 Å². The van der Waals surface area contributed by atoms with Gasteiger partial charge in [0.05, 0.1) is 4.92 Å². The molecular weight excluding hydrogens is 258 g/mol. The van der Waals surface area contributed by atoms with Crippen molar-refractivity contribution in [2.75, 3.05) is 32.1 Å². The van der Waals surface area contributed by atoms with Gasteiger partial charge < -0.3 is 10.4 Å². The predicted molar refractivity (Wildman–Crippen MR) is 77.7 cm³/mol. The molecule has 1 fully saturated rings. The van der Waals surface area contributed by atoms with Crippen LogP contribution in [0.15, 0.2) is 18.2 Å². The molecule has 1 saturated heterocycles. The maximum atomic E-state index is 11.0. The van der Waals surface area contributed by atoms with Gasteiger partial charge in [-0.15, -0.1) is 0 Å². The number of nitrogens with zero attached hydrogens (tertiary/aromatic N) is 2. The van der Waals surface area contributed by atoms with E-state index in [9.17, 15) is 10.1 Å². The average molecular weight is 279 g/mol. The van der Waals surface area contributed by atoms with Crippen molar-refractivity contribution in [3.05, 3.63) is 33.9 Å². The third-order valence-electron chi connectivity index (χ3n) is 3.93. The highest BCUT2D eigenvalue weighted by atomic mass is 16.6. The van der Waals surface area contributed by atoms with Gasteiger partial charge in [-0.2, -0.15) is 0 Å². The third-order valence-corrected chi connectivity index (χ3v) is 3.93. The van der Waals surface area contributed by atoms with Crippen LogP contribution in [0.25, 0.3) is 0 Å². The van der Waals surface area contributed by atoms with Crippen LogP contribution in [-0.2, 0) is 6.54 Å². The van der Waals surface area contributed by atoms with Crippen molar-refractivity contribution in [3.8, 4) is 0 Å². The molecule has 0 bridgehead atoms. The smallest absolute Gasteiger partial charge is 0.292 e. The first kappa shape index (κ1) is 14.7. The van der Waals surface area contributed by atoms with Crippen molar-refractivity contribution < 1.29 is 10.0 Å². The molecule has 0 radical (unpaired) electrons. The van der Waals surface area contributed by atoms with E-state index in [4.69, 9.17) is 5.11 Å². The van der Waals surface area contributed by atoms with E-state index in [0.717, 1.165) is 31.5 Å². The lowest BCUT2D eigenvalue weighted by Crippen LogP contribution is -2.34. The lowest BCUT2D eigenvalue weighted by molar-refractivity contribution is -0.384. The number of para-hydroxylation sites is 1. The van der Waals surface area contributed by atoms with Gasteiger partial charge in [-0.3, -0.25) is 15.0 Å². The first-order chi connectivity index (χ1) is 9.65. The van der Waals surface area contributed by atoms with Gasteiger partial charge in [-0.25, -0.2) is 0 Å². The number of likely N-dealkylation sites (tertiary alicyclic amines) is 1. The second-order valence-corrected chi connectivity index (χ2v) is 5.22. The normalized spacial score (nSPS) is 17.1. The van der Waals surface area contributed by atoms with Crippen LogP contribution in [0.5, 0.6) is 0 Å². The average Bonchev–Trinajstić information content (AvgIpc) is 2.47. The van der Waals surface area contributed by atoms with Crippen molar-refractivity contribution in [1.29, 1.82) is 0 Å². The Labute approximate surface area is 118 Å². The molecule has 0 aliphatic carbocycles. The van der Waals surface area contributed by atoms with Gasteiger partial charge in [0.25, 0.3) is 5.69 Å². The number of aliphatic hydroxyl groups excluding tert-OH is 1. The first-order valence-electron chi connectivity index (χ1n) is 6.93. The molecule has 0 atom stereocenters. The van der Waals surface area contributed by atoms with Crippen molar-refractivity contribution in [1.82, 2.24) is 4.90 Å². The summed E-state index contributed by atoms with van der Waals surface area (Å²) in [6, 6.07) is 5.18. The molecule has 0 unspecified atom stereocenters. The number of aliphatic hydroxyl groups is 1. The molecular formula is C14H21N3O3. The monoisotopic (exact) mass is 279 g/mol. The number of nitrogens with one attached hydrogen (secondary N) is 1. The summed E-state index contributed by atoms with van der Waals surface area (Å²) in [6.07, 6.45) is 1.97. The highest BCUT2D eigenvalue weighted by Crippen LogP contribution is 2.29. The molecule has 110 valence electrons. The Hall–Kier alpha value is -1.66.